The fourth-order valence-electron chi connectivity index (χ4n) is 3.33. The largest absolute Gasteiger partial charge is 0.430 e. The number of hydrogen-bond donors (Lipinski definition) is 0. The summed E-state index contributed by atoms with van der Waals surface area (Å²) in [4.78, 5) is 22.2. The normalized spacial score (nSPS) is 30.7. The molecule has 0 N–H and O–H groups in total. The zero-order chi connectivity index (χ0) is 16.5. The third kappa shape index (κ3) is 3.57. The summed E-state index contributed by atoms with van der Waals surface area (Å²) < 4.78 is 30.3. The molecule has 1 aliphatic carbocycles. The fourth-order valence-corrected chi connectivity index (χ4v) is 4.86. The van der Waals surface area contributed by atoms with Crippen molar-refractivity contribution in [3.05, 3.63) is 30.3 Å². The quantitative estimate of drug-likeness (QED) is 0.618. The highest BCUT2D eigenvalue weighted by Crippen LogP contribution is 2.43. The summed E-state index contributed by atoms with van der Waals surface area (Å²) in [7, 11) is -3.45. The van der Waals surface area contributed by atoms with Crippen LogP contribution in [0.2, 0.25) is 0 Å². The molecular formula is C16H20O6S. The number of carbonyl (C=O) groups is 1. The highest BCUT2D eigenvalue weighted by molar-refractivity contribution is 7.91. The molecule has 23 heavy (non-hydrogen) atoms. The van der Waals surface area contributed by atoms with Gasteiger partial charge in [-0.15, -0.1) is 0 Å². The van der Waals surface area contributed by atoms with Gasteiger partial charge in [0.15, 0.2) is 9.84 Å². The second kappa shape index (κ2) is 6.22. The van der Waals surface area contributed by atoms with Gasteiger partial charge in [-0.1, -0.05) is 18.2 Å². The first-order chi connectivity index (χ1) is 10.9. The fraction of sp³-hybridized carbons (Fsp3) is 0.562. The summed E-state index contributed by atoms with van der Waals surface area (Å²) >= 11 is 0. The molecule has 1 aliphatic heterocycles. The van der Waals surface area contributed by atoms with Gasteiger partial charge >= 0.3 is 5.97 Å². The highest BCUT2D eigenvalue weighted by Gasteiger charge is 2.49. The molecule has 3 unspecified atom stereocenters. The second-order valence-electron chi connectivity index (χ2n) is 6.17. The third-order valence-corrected chi connectivity index (χ3v) is 6.13. The Bertz CT molecular complexity index is 671. The van der Waals surface area contributed by atoms with Crippen LogP contribution in [0.1, 0.15) is 32.6 Å². The van der Waals surface area contributed by atoms with Crippen LogP contribution in [0.15, 0.2) is 35.2 Å². The zero-order valence-electron chi connectivity index (χ0n) is 12.9. The number of ether oxygens (including phenoxy) is 1. The van der Waals surface area contributed by atoms with Crippen molar-refractivity contribution in [2.45, 2.75) is 49.4 Å². The van der Waals surface area contributed by atoms with E-state index < -0.39 is 27.7 Å². The molecule has 1 aromatic rings. The molecule has 1 saturated heterocycles. The lowest BCUT2D eigenvalue weighted by atomic mass is 9.81. The van der Waals surface area contributed by atoms with Crippen molar-refractivity contribution in [2.75, 3.05) is 5.75 Å². The molecule has 2 aliphatic rings. The summed E-state index contributed by atoms with van der Waals surface area (Å²) in [5.74, 6) is -1.63. The maximum Gasteiger partial charge on any atom is 0.305 e. The van der Waals surface area contributed by atoms with Crippen LogP contribution in [0.5, 0.6) is 0 Å². The molecule has 0 aromatic heterocycles. The summed E-state index contributed by atoms with van der Waals surface area (Å²) in [5, 5.41) is 0. The first-order valence-electron chi connectivity index (χ1n) is 7.72. The van der Waals surface area contributed by atoms with E-state index in [1.165, 1.54) is 6.92 Å². The van der Waals surface area contributed by atoms with E-state index in [1.54, 1.807) is 30.3 Å². The van der Waals surface area contributed by atoms with Gasteiger partial charge in [0.25, 0.3) is 0 Å². The Kier molecular flexibility index (Phi) is 4.44. The average Bonchev–Trinajstić information content (AvgIpc) is 2.51. The van der Waals surface area contributed by atoms with Crippen LogP contribution in [0.3, 0.4) is 0 Å². The molecule has 126 valence electrons. The third-order valence-electron chi connectivity index (χ3n) is 4.37. The van der Waals surface area contributed by atoms with Crippen LogP contribution in [0, 0.1) is 5.92 Å². The van der Waals surface area contributed by atoms with Gasteiger partial charge in [0.2, 0.25) is 5.79 Å². The number of carbonyl (C=O) groups excluding carboxylic acids is 1. The summed E-state index contributed by atoms with van der Waals surface area (Å²) in [6.07, 6.45) is 2.14. The molecule has 0 spiro atoms. The van der Waals surface area contributed by atoms with Crippen LogP contribution in [-0.4, -0.2) is 32.0 Å². The Morgan fingerprint density at radius 3 is 2.78 bits per heavy atom. The Morgan fingerprint density at radius 2 is 2.09 bits per heavy atom. The Morgan fingerprint density at radius 1 is 1.35 bits per heavy atom. The van der Waals surface area contributed by atoms with E-state index in [9.17, 15) is 13.2 Å². The molecule has 1 heterocycles. The van der Waals surface area contributed by atoms with Crippen molar-refractivity contribution in [3.8, 4) is 0 Å². The van der Waals surface area contributed by atoms with E-state index in [4.69, 9.17) is 14.5 Å². The molecule has 7 heteroatoms. The lowest BCUT2D eigenvalue weighted by Gasteiger charge is -2.45. The van der Waals surface area contributed by atoms with Gasteiger partial charge in [-0.05, 0) is 30.9 Å². The van der Waals surface area contributed by atoms with Gasteiger partial charge in [0, 0.05) is 19.8 Å². The molecule has 0 radical (unpaired) electrons. The number of fused-ring (bicyclic) bond motifs is 2. The van der Waals surface area contributed by atoms with Crippen LogP contribution < -0.4 is 0 Å². The standard InChI is InChI=1S/C16H20O6S/c1-12(17)20-16-9-5-6-13(10-16)15(21-22-16)11-23(18,19)14-7-3-2-4-8-14/h2-4,7-8,13,15H,5-6,9-11H2,1H3. The molecule has 2 fully saturated rings. The number of hydrogen-bond acceptors (Lipinski definition) is 6. The van der Waals surface area contributed by atoms with E-state index in [1.807, 2.05) is 0 Å². The van der Waals surface area contributed by atoms with Crippen LogP contribution in [0.4, 0.5) is 0 Å². The van der Waals surface area contributed by atoms with Crippen molar-refractivity contribution < 1.29 is 27.7 Å². The minimum absolute atomic E-state index is 0.00432. The molecule has 1 aromatic carbocycles. The SMILES string of the molecule is CC(=O)OC12CCCC(C1)C(CS(=O)(=O)c1ccccc1)OO2. The maximum absolute atomic E-state index is 12.5. The highest BCUT2D eigenvalue weighted by atomic mass is 32.2. The summed E-state index contributed by atoms with van der Waals surface area (Å²) in [5.41, 5.74) is 0. The second-order valence-corrected chi connectivity index (χ2v) is 8.21. The van der Waals surface area contributed by atoms with E-state index in [0.29, 0.717) is 12.8 Å². The smallest absolute Gasteiger partial charge is 0.305 e. The van der Waals surface area contributed by atoms with Gasteiger partial charge < -0.3 is 4.74 Å². The van der Waals surface area contributed by atoms with E-state index in [2.05, 4.69) is 0 Å². The molecule has 0 amide bonds. The van der Waals surface area contributed by atoms with Crippen molar-refractivity contribution >= 4 is 15.8 Å². The number of esters is 1. The van der Waals surface area contributed by atoms with Crippen LogP contribution in [-0.2, 0) is 29.1 Å². The average molecular weight is 340 g/mol. The van der Waals surface area contributed by atoms with E-state index in [0.717, 1.165) is 12.8 Å². The van der Waals surface area contributed by atoms with Crippen molar-refractivity contribution in [1.82, 2.24) is 0 Å². The van der Waals surface area contributed by atoms with Crippen LogP contribution in [0.25, 0.3) is 0 Å². The first-order valence-corrected chi connectivity index (χ1v) is 9.37. The van der Waals surface area contributed by atoms with Crippen LogP contribution >= 0.6 is 0 Å². The van der Waals surface area contributed by atoms with Crippen molar-refractivity contribution in [3.63, 3.8) is 0 Å². The summed E-state index contributed by atoms with van der Waals surface area (Å²) in [6, 6.07) is 8.30. The molecule has 1 saturated carbocycles. The van der Waals surface area contributed by atoms with E-state index in [-0.39, 0.29) is 16.6 Å². The Hall–Kier alpha value is -1.44. The predicted octanol–water partition coefficient (Wildman–Crippen LogP) is 2.24. The number of rotatable bonds is 4. The van der Waals surface area contributed by atoms with Crippen molar-refractivity contribution in [1.29, 1.82) is 0 Å². The number of sulfone groups is 1. The van der Waals surface area contributed by atoms with Gasteiger partial charge in [0.05, 0.1) is 10.6 Å². The minimum Gasteiger partial charge on any atom is -0.430 e. The topological polar surface area (TPSA) is 78.9 Å². The first kappa shape index (κ1) is 16.4. The Labute approximate surface area is 135 Å². The Balaban J connectivity index is 1.73. The maximum atomic E-state index is 12.5. The van der Waals surface area contributed by atoms with Crippen molar-refractivity contribution in [2.24, 2.45) is 5.92 Å². The lowest BCUT2D eigenvalue weighted by Crippen LogP contribution is -2.52. The van der Waals surface area contributed by atoms with Gasteiger partial charge in [-0.3, -0.25) is 4.79 Å². The zero-order valence-corrected chi connectivity index (χ0v) is 13.8. The lowest BCUT2D eigenvalue weighted by molar-refractivity contribution is -0.474. The molecule has 3 rings (SSSR count). The van der Waals surface area contributed by atoms with Gasteiger partial charge in [-0.25, -0.2) is 13.3 Å². The molecule has 2 bridgehead atoms. The van der Waals surface area contributed by atoms with E-state index >= 15 is 0 Å². The summed E-state index contributed by atoms with van der Waals surface area (Å²) in [6.45, 7) is 1.33. The van der Waals surface area contributed by atoms with Gasteiger partial charge in [0.1, 0.15) is 6.10 Å². The monoisotopic (exact) mass is 340 g/mol. The minimum atomic E-state index is -3.45. The predicted molar refractivity (Wildman–Crippen MR) is 80.9 cm³/mol. The molecular weight excluding hydrogens is 320 g/mol. The molecule has 3 atom stereocenters. The molecule has 6 nitrogen and oxygen atoms in total. The van der Waals surface area contributed by atoms with Gasteiger partial charge in [-0.2, -0.15) is 4.89 Å². The number of benzene rings is 1.